The Bertz CT molecular complexity index is 554. The topological polar surface area (TPSA) is 93.7 Å². The van der Waals surface area contributed by atoms with E-state index in [1.54, 1.807) is 0 Å². The van der Waals surface area contributed by atoms with E-state index >= 15 is 0 Å². The van der Waals surface area contributed by atoms with Gasteiger partial charge in [-0.2, -0.15) is 0 Å². The molecule has 8 heteroatoms. The highest BCUT2D eigenvalue weighted by Crippen LogP contribution is 2.30. The number of alkyl halides is 1. The Morgan fingerprint density at radius 2 is 2.17 bits per heavy atom. The highest BCUT2D eigenvalue weighted by Gasteiger charge is 2.45. The second-order valence-corrected chi connectivity index (χ2v) is 4.09. The number of aliphatic hydroxyl groups is 2. The highest BCUT2D eigenvalue weighted by molar-refractivity contribution is 4.94. The first-order chi connectivity index (χ1) is 8.47. The first-order valence-corrected chi connectivity index (χ1v) is 5.34. The number of hydrogen-bond donors (Lipinski definition) is 2. The second kappa shape index (κ2) is 4.63. The lowest BCUT2D eigenvalue weighted by atomic mass is 10.1. The van der Waals surface area contributed by atoms with E-state index in [-0.39, 0.29) is 0 Å². The minimum Gasteiger partial charge on any atom is -0.394 e. The summed E-state index contributed by atoms with van der Waals surface area (Å²) in [5, 5.41) is 18.4. The Hall–Kier alpha value is -1.51. The standard InChI is InChI=1S/C10H13FN2O5/c1-12-6(15)2-3-13(10(12)17)9-7(11)8(16)5(4-14)18-9/h2-3,5,7-9,14,16H,4H2,1H3. The van der Waals surface area contributed by atoms with E-state index in [4.69, 9.17) is 9.84 Å². The average Bonchev–Trinajstić information content (AvgIpc) is 2.64. The molecule has 4 atom stereocenters. The summed E-state index contributed by atoms with van der Waals surface area (Å²) in [7, 11) is 1.25. The zero-order valence-corrected chi connectivity index (χ0v) is 9.56. The summed E-state index contributed by atoms with van der Waals surface area (Å²) >= 11 is 0. The van der Waals surface area contributed by atoms with E-state index in [0.29, 0.717) is 0 Å². The number of ether oxygens (including phenoxy) is 1. The maximum Gasteiger partial charge on any atom is 0.332 e. The summed E-state index contributed by atoms with van der Waals surface area (Å²) < 4.78 is 20.5. The number of nitrogens with zero attached hydrogens (tertiary/aromatic N) is 2. The molecule has 1 aromatic heterocycles. The maximum absolute atomic E-state index is 13.8. The molecule has 0 radical (unpaired) electrons. The van der Waals surface area contributed by atoms with Crippen LogP contribution in [0.4, 0.5) is 4.39 Å². The van der Waals surface area contributed by atoms with Crippen LogP contribution in [0.25, 0.3) is 0 Å². The number of aromatic nitrogens is 2. The molecule has 0 aromatic carbocycles. The van der Waals surface area contributed by atoms with Crippen molar-refractivity contribution in [2.24, 2.45) is 7.05 Å². The van der Waals surface area contributed by atoms with Gasteiger partial charge in [0.1, 0.15) is 12.2 Å². The predicted octanol–water partition coefficient (Wildman–Crippen LogP) is -1.86. The molecule has 0 saturated carbocycles. The van der Waals surface area contributed by atoms with Gasteiger partial charge < -0.3 is 14.9 Å². The predicted molar refractivity (Wildman–Crippen MR) is 57.8 cm³/mol. The smallest absolute Gasteiger partial charge is 0.332 e. The zero-order chi connectivity index (χ0) is 13.4. The van der Waals surface area contributed by atoms with Gasteiger partial charge in [-0.25, -0.2) is 9.18 Å². The number of hydrogen-bond acceptors (Lipinski definition) is 5. The quantitative estimate of drug-likeness (QED) is 0.650. The first-order valence-electron chi connectivity index (χ1n) is 5.34. The van der Waals surface area contributed by atoms with Crippen LogP contribution in [0.3, 0.4) is 0 Å². The fraction of sp³-hybridized carbons (Fsp3) is 0.600. The fourth-order valence-electron chi connectivity index (χ4n) is 1.86. The molecule has 0 aliphatic carbocycles. The first kappa shape index (κ1) is 12.9. The molecule has 2 rings (SSSR count). The lowest BCUT2D eigenvalue weighted by Gasteiger charge is -2.16. The van der Waals surface area contributed by atoms with Crippen molar-refractivity contribution in [2.75, 3.05) is 6.61 Å². The van der Waals surface area contributed by atoms with Gasteiger partial charge in [0.25, 0.3) is 5.56 Å². The molecule has 4 unspecified atom stereocenters. The van der Waals surface area contributed by atoms with Gasteiger partial charge in [-0.3, -0.25) is 13.9 Å². The SMILES string of the molecule is Cn1c(=O)ccn(C2OC(CO)C(O)C2F)c1=O. The normalized spacial score (nSPS) is 31.8. The Balaban J connectivity index is 2.42. The lowest BCUT2D eigenvalue weighted by Crippen LogP contribution is -2.40. The Labute approximate surface area is 101 Å². The molecule has 1 aromatic rings. The van der Waals surface area contributed by atoms with E-state index in [9.17, 15) is 19.1 Å². The van der Waals surface area contributed by atoms with Gasteiger partial charge in [0, 0.05) is 19.3 Å². The minimum atomic E-state index is -1.85. The molecule has 2 N–H and O–H groups in total. The number of aliphatic hydroxyl groups excluding tert-OH is 2. The molecule has 0 bridgehead atoms. The Morgan fingerprint density at radius 1 is 1.50 bits per heavy atom. The Kier molecular flexibility index (Phi) is 3.33. The van der Waals surface area contributed by atoms with Crippen molar-refractivity contribution in [1.82, 2.24) is 9.13 Å². The third-order valence-corrected chi connectivity index (χ3v) is 2.96. The van der Waals surface area contributed by atoms with Crippen molar-refractivity contribution in [3.63, 3.8) is 0 Å². The van der Waals surface area contributed by atoms with Gasteiger partial charge in [0.05, 0.1) is 6.61 Å². The van der Waals surface area contributed by atoms with Crippen molar-refractivity contribution in [1.29, 1.82) is 0 Å². The van der Waals surface area contributed by atoms with Gasteiger partial charge >= 0.3 is 5.69 Å². The molecule has 18 heavy (non-hydrogen) atoms. The minimum absolute atomic E-state index is 0.524. The second-order valence-electron chi connectivity index (χ2n) is 4.09. The van der Waals surface area contributed by atoms with Gasteiger partial charge in [-0.05, 0) is 0 Å². The van der Waals surface area contributed by atoms with Crippen LogP contribution in [0.1, 0.15) is 6.23 Å². The largest absolute Gasteiger partial charge is 0.394 e. The molecular formula is C10H13FN2O5. The number of halogens is 1. The molecule has 1 aliphatic heterocycles. The van der Waals surface area contributed by atoms with E-state index in [1.807, 2.05) is 0 Å². The summed E-state index contributed by atoms with van der Waals surface area (Å²) in [6.45, 7) is -0.557. The lowest BCUT2D eigenvalue weighted by molar-refractivity contribution is -0.0495. The van der Waals surface area contributed by atoms with Gasteiger partial charge in [0.2, 0.25) is 0 Å². The molecule has 0 spiro atoms. The van der Waals surface area contributed by atoms with E-state index in [1.165, 1.54) is 7.05 Å². The van der Waals surface area contributed by atoms with Crippen LogP contribution in [0.5, 0.6) is 0 Å². The summed E-state index contributed by atoms with van der Waals surface area (Å²) in [5.74, 6) is 0. The van der Waals surface area contributed by atoms with Crippen molar-refractivity contribution >= 4 is 0 Å². The molecule has 1 fully saturated rings. The zero-order valence-electron chi connectivity index (χ0n) is 9.56. The van der Waals surface area contributed by atoms with Crippen LogP contribution in [-0.4, -0.2) is 44.3 Å². The summed E-state index contributed by atoms with van der Waals surface area (Å²) in [5.41, 5.74) is -1.27. The summed E-state index contributed by atoms with van der Waals surface area (Å²) in [6.07, 6.45) is -4.69. The summed E-state index contributed by atoms with van der Waals surface area (Å²) in [4.78, 5) is 23.0. The third-order valence-electron chi connectivity index (χ3n) is 2.96. The molecule has 1 saturated heterocycles. The van der Waals surface area contributed by atoms with E-state index in [0.717, 1.165) is 21.4 Å². The van der Waals surface area contributed by atoms with Crippen molar-refractivity contribution in [3.8, 4) is 0 Å². The van der Waals surface area contributed by atoms with E-state index in [2.05, 4.69) is 0 Å². The fourth-order valence-corrected chi connectivity index (χ4v) is 1.86. The monoisotopic (exact) mass is 260 g/mol. The molecule has 1 aliphatic rings. The van der Waals surface area contributed by atoms with Crippen molar-refractivity contribution in [3.05, 3.63) is 33.1 Å². The van der Waals surface area contributed by atoms with Crippen LogP contribution in [0.2, 0.25) is 0 Å². The van der Waals surface area contributed by atoms with Gasteiger partial charge in [0.15, 0.2) is 12.4 Å². The molecule has 100 valence electrons. The molecular weight excluding hydrogens is 247 g/mol. The van der Waals surface area contributed by atoms with E-state index < -0.39 is 42.5 Å². The number of rotatable bonds is 2. The van der Waals surface area contributed by atoms with Crippen LogP contribution < -0.4 is 11.2 Å². The van der Waals surface area contributed by atoms with Gasteiger partial charge in [-0.1, -0.05) is 0 Å². The van der Waals surface area contributed by atoms with Crippen molar-refractivity contribution < 1.29 is 19.3 Å². The molecule has 7 nitrogen and oxygen atoms in total. The molecule has 2 heterocycles. The highest BCUT2D eigenvalue weighted by atomic mass is 19.1. The van der Waals surface area contributed by atoms with Crippen LogP contribution >= 0.6 is 0 Å². The van der Waals surface area contributed by atoms with Gasteiger partial charge in [-0.15, -0.1) is 0 Å². The summed E-state index contributed by atoms with van der Waals surface area (Å²) in [6, 6.07) is 1.09. The maximum atomic E-state index is 13.8. The van der Waals surface area contributed by atoms with Crippen molar-refractivity contribution in [2.45, 2.75) is 24.6 Å². The Morgan fingerprint density at radius 3 is 2.72 bits per heavy atom. The van der Waals surface area contributed by atoms with Crippen LogP contribution in [0, 0.1) is 0 Å². The van der Waals surface area contributed by atoms with Crippen LogP contribution in [-0.2, 0) is 11.8 Å². The third kappa shape index (κ3) is 1.88. The van der Waals surface area contributed by atoms with Crippen LogP contribution in [0.15, 0.2) is 21.9 Å². The average molecular weight is 260 g/mol. The molecule has 0 amide bonds.